The molecule has 0 heterocycles. The lowest BCUT2D eigenvalue weighted by atomic mass is 9.49. The van der Waals surface area contributed by atoms with Crippen LogP contribution in [-0.2, 0) is 9.53 Å². The molecule has 4 fully saturated rings. The fraction of sp³-hybridized carbons (Fsp3) is 0.958. The van der Waals surface area contributed by atoms with Gasteiger partial charge in [-0.2, -0.15) is 0 Å². The molecule has 4 aliphatic carbocycles. The van der Waals surface area contributed by atoms with Crippen molar-refractivity contribution in [2.75, 3.05) is 0 Å². The van der Waals surface area contributed by atoms with Gasteiger partial charge in [-0.1, -0.05) is 58.8 Å². The Hall–Kier alpha value is -0.530. The van der Waals surface area contributed by atoms with Crippen LogP contribution >= 0.6 is 0 Å². The van der Waals surface area contributed by atoms with Crippen LogP contribution in [0.4, 0.5) is 0 Å². The molecule has 0 aromatic heterocycles. The highest BCUT2D eigenvalue weighted by Crippen LogP contribution is 2.60. The summed E-state index contributed by atoms with van der Waals surface area (Å²) in [7, 11) is 0. The smallest absolute Gasteiger partial charge is 0.312 e. The van der Waals surface area contributed by atoms with Gasteiger partial charge in [0.2, 0.25) is 0 Å². The van der Waals surface area contributed by atoms with Gasteiger partial charge in [0.1, 0.15) is 6.10 Å². The third-order valence-corrected chi connectivity index (χ3v) is 7.50. The zero-order valence-corrected chi connectivity index (χ0v) is 17.4. The van der Waals surface area contributed by atoms with Crippen LogP contribution < -0.4 is 0 Å². The zero-order chi connectivity index (χ0) is 18.4. The second-order valence-electron chi connectivity index (χ2n) is 9.92. The lowest BCUT2D eigenvalue weighted by Gasteiger charge is -2.55. The molecule has 0 spiro atoms. The van der Waals surface area contributed by atoms with Gasteiger partial charge >= 0.3 is 5.97 Å². The Labute approximate surface area is 161 Å². The van der Waals surface area contributed by atoms with Crippen LogP contribution in [0.25, 0.3) is 0 Å². The van der Waals surface area contributed by atoms with Crippen LogP contribution in [-0.4, -0.2) is 12.1 Å². The van der Waals surface area contributed by atoms with Crippen molar-refractivity contribution in [3.05, 3.63) is 0 Å². The van der Waals surface area contributed by atoms with Crippen LogP contribution in [0.1, 0.15) is 117 Å². The van der Waals surface area contributed by atoms with Crippen LogP contribution in [0.3, 0.4) is 0 Å². The molecule has 0 amide bonds. The van der Waals surface area contributed by atoms with Crippen molar-refractivity contribution in [2.45, 2.75) is 123 Å². The van der Waals surface area contributed by atoms with Gasteiger partial charge in [0.05, 0.1) is 5.41 Å². The number of carbonyl (C=O) groups excluding carboxylic acids is 1. The van der Waals surface area contributed by atoms with Gasteiger partial charge in [-0.25, -0.2) is 0 Å². The number of hydrogen-bond acceptors (Lipinski definition) is 2. The molecule has 150 valence electrons. The van der Waals surface area contributed by atoms with E-state index in [9.17, 15) is 4.79 Å². The lowest BCUT2D eigenvalue weighted by Crippen LogP contribution is -2.51. The van der Waals surface area contributed by atoms with E-state index in [4.69, 9.17) is 4.74 Å². The molecule has 0 saturated heterocycles. The summed E-state index contributed by atoms with van der Waals surface area (Å²) in [6.45, 7) is 4.51. The van der Waals surface area contributed by atoms with Gasteiger partial charge in [0, 0.05) is 0 Å². The summed E-state index contributed by atoms with van der Waals surface area (Å²) >= 11 is 0. The van der Waals surface area contributed by atoms with Crippen LogP contribution in [0.2, 0.25) is 0 Å². The Morgan fingerprint density at radius 1 is 0.808 bits per heavy atom. The summed E-state index contributed by atoms with van der Waals surface area (Å²) in [6.07, 6.45) is 20.2. The molecular weight excluding hydrogens is 320 g/mol. The molecule has 4 saturated carbocycles. The third kappa shape index (κ3) is 5.04. The molecule has 0 N–H and O–H groups in total. The number of rotatable bonds is 12. The standard InChI is InChI=1S/C24H42O2/c1-3-5-7-8-9-10-12-22(11-6-4-2)26-23(25)24-16-19-13-20(17-24)15-21(14-19)18-24/h19-22H,3-18H2,1-2H3. The Bertz CT molecular complexity index is 406. The third-order valence-electron chi connectivity index (χ3n) is 7.50. The predicted molar refractivity (Wildman–Crippen MR) is 108 cm³/mol. The highest BCUT2D eigenvalue weighted by Gasteiger charge is 2.55. The number of unbranched alkanes of at least 4 members (excludes halogenated alkanes) is 6. The number of hydrogen-bond donors (Lipinski definition) is 0. The van der Waals surface area contributed by atoms with Gasteiger partial charge in [0.15, 0.2) is 0 Å². The van der Waals surface area contributed by atoms with E-state index in [-0.39, 0.29) is 17.5 Å². The Morgan fingerprint density at radius 3 is 1.88 bits per heavy atom. The minimum atomic E-state index is -0.0830. The largest absolute Gasteiger partial charge is 0.462 e. The van der Waals surface area contributed by atoms with E-state index in [0.717, 1.165) is 49.9 Å². The molecular formula is C24H42O2. The Balaban J connectivity index is 1.48. The van der Waals surface area contributed by atoms with Gasteiger partial charge in [-0.05, 0) is 75.5 Å². The monoisotopic (exact) mass is 362 g/mol. The molecule has 4 aliphatic rings. The van der Waals surface area contributed by atoms with Crippen molar-refractivity contribution < 1.29 is 9.53 Å². The fourth-order valence-corrected chi connectivity index (χ4v) is 6.48. The van der Waals surface area contributed by atoms with E-state index in [2.05, 4.69) is 13.8 Å². The molecule has 4 bridgehead atoms. The molecule has 2 heteroatoms. The van der Waals surface area contributed by atoms with Crippen molar-refractivity contribution >= 4 is 5.97 Å². The molecule has 4 rings (SSSR count). The molecule has 0 aliphatic heterocycles. The lowest BCUT2D eigenvalue weighted by molar-refractivity contribution is -0.177. The predicted octanol–water partition coefficient (Wildman–Crippen LogP) is 7.06. The topological polar surface area (TPSA) is 26.3 Å². The van der Waals surface area contributed by atoms with Gasteiger partial charge in [-0.3, -0.25) is 4.79 Å². The summed E-state index contributed by atoms with van der Waals surface area (Å²) in [6, 6.07) is 0. The molecule has 1 unspecified atom stereocenters. The SMILES string of the molecule is CCCCCCCCC(CCCC)OC(=O)C12CC3CC(CC(C3)C1)C2. The maximum absolute atomic E-state index is 13.2. The van der Waals surface area contributed by atoms with Gasteiger partial charge in [0.25, 0.3) is 0 Å². The summed E-state index contributed by atoms with van der Waals surface area (Å²) in [5.74, 6) is 2.66. The van der Waals surface area contributed by atoms with Crippen molar-refractivity contribution in [1.82, 2.24) is 0 Å². The van der Waals surface area contributed by atoms with Crippen molar-refractivity contribution in [2.24, 2.45) is 23.2 Å². The first kappa shape index (κ1) is 20.2. The van der Waals surface area contributed by atoms with Crippen LogP contribution in [0.15, 0.2) is 0 Å². The Kier molecular flexibility index (Phi) is 7.46. The van der Waals surface area contributed by atoms with E-state index in [1.807, 2.05) is 0 Å². The maximum atomic E-state index is 13.2. The molecule has 0 aromatic rings. The van der Waals surface area contributed by atoms with E-state index in [1.54, 1.807) is 0 Å². The first-order valence-corrected chi connectivity index (χ1v) is 11.9. The summed E-state index contributed by atoms with van der Waals surface area (Å²) in [4.78, 5) is 13.2. The summed E-state index contributed by atoms with van der Waals surface area (Å²) < 4.78 is 6.23. The van der Waals surface area contributed by atoms with E-state index < -0.39 is 0 Å². The summed E-state index contributed by atoms with van der Waals surface area (Å²) in [5, 5.41) is 0. The summed E-state index contributed by atoms with van der Waals surface area (Å²) in [5.41, 5.74) is -0.0830. The minimum Gasteiger partial charge on any atom is -0.462 e. The molecule has 0 aromatic carbocycles. The average Bonchev–Trinajstić information content (AvgIpc) is 2.61. The highest BCUT2D eigenvalue weighted by atomic mass is 16.5. The normalized spacial score (nSPS) is 33.4. The maximum Gasteiger partial charge on any atom is 0.312 e. The minimum absolute atomic E-state index is 0.0830. The quantitative estimate of drug-likeness (QED) is 0.274. The van der Waals surface area contributed by atoms with Crippen LogP contribution in [0.5, 0.6) is 0 Å². The van der Waals surface area contributed by atoms with Crippen molar-refractivity contribution in [3.8, 4) is 0 Å². The van der Waals surface area contributed by atoms with E-state index >= 15 is 0 Å². The number of carbonyl (C=O) groups is 1. The first-order chi connectivity index (χ1) is 12.6. The molecule has 2 nitrogen and oxygen atoms in total. The molecule has 26 heavy (non-hydrogen) atoms. The fourth-order valence-electron chi connectivity index (χ4n) is 6.48. The molecule has 0 radical (unpaired) electrons. The van der Waals surface area contributed by atoms with Gasteiger partial charge in [-0.15, -0.1) is 0 Å². The number of ether oxygens (including phenoxy) is 1. The van der Waals surface area contributed by atoms with Gasteiger partial charge < -0.3 is 4.74 Å². The van der Waals surface area contributed by atoms with E-state index in [0.29, 0.717) is 0 Å². The van der Waals surface area contributed by atoms with Crippen LogP contribution in [0, 0.1) is 23.2 Å². The first-order valence-electron chi connectivity index (χ1n) is 11.9. The molecule has 1 atom stereocenters. The van der Waals surface area contributed by atoms with Crippen molar-refractivity contribution in [1.29, 1.82) is 0 Å². The highest BCUT2D eigenvalue weighted by molar-refractivity contribution is 5.77. The van der Waals surface area contributed by atoms with Crippen molar-refractivity contribution in [3.63, 3.8) is 0 Å². The zero-order valence-electron chi connectivity index (χ0n) is 17.4. The average molecular weight is 363 g/mol. The second-order valence-corrected chi connectivity index (χ2v) is 9.92. The Morgan fingerprint density at radius 2 is 1.31 bits per heavy atom. The number of esters is 1. The second kappa shape index (κ2) is 9.60. The van der Waals surface area contributed by atoms with E-state index in [1.165, 1.54) is 70.6 Å².